The van der Waals surface area contributed by atoms with Gasteiger partial charge in [-0.2, -0.15) is 0 Å². The molecule has 0 aliphatic carbocycles. The molecule has 3 heterocycles. The number of amidine groups is 1. The van der Waals surface area contributed by atoms with Crippen LogP contribution in [0.2, 0.25) is 0 Å². The second-order valence-corrected chi connectivity index (χ2v) is 10.2. The van der Waals surface area contributed by atoms with E-state index in [0.29, 0.717) is 33.1 Å². The Balaban J connectivity index is 1.68. The highest BCUT2D eigenvalue weighted by Crippen LogP contribution is 2.37. The predicted octanol–water partition coefficient (Wildman–Crippen LogP) is 3.32. The molecule has 0 bridgehead atoms. The van der Waals surface area contributed by atoms with E-state index >= 15 is 0 Å². The third-order valence-electron chi connectivity index (χ3n) is 5.89. The number of halogens is 3. The number of hydrogen-bond acceptors (Lipinski definition) is 9. The number of esters is 1. The van der Waals surface area contributed by atoms with Crippen LogP contribution in [0.5, 0.6) is 0 Å². The number of likely N-dealkylation sites (tertiary alicyclic amines) is 1. The molecule has 2 N–H and O–H groups in total. The van der Waals surface area contributed by atoms with Crippen molar-refractivity contribution in [1.82, 2.24) is 15.2 Å². The molecule has 0 amide bonds. The molecule has 3 unspecified atom stereocenters. The smallest absolute Gasteiger partial charge is 0.338 e. The first-order valence-corrected chi connectivity index (χ1v) is 13.2. The van der Waals surface area contributed by atoms with E-state index in [0.717, 1.165) is 0 Å². The summed E-state index contributed by atoms with van der Waals surface area (Å²) in [6.07, 6.45) is 0.408. The Morgan fingerprint density at radius 1 is 1.35 bits per heavy atom. The molecule has 13 heteroatoms. The summed E-state index contributed by atoms with van der Waals surface area (Å²) in [5.74, 6) is -2.24. The van der Waals surface area contributed by atoms with Crippen LogP contribution in [-0.2, 0) is 19.1 Å². The number of carbonyl (C=O) groups excluding carboxylic acids is 1. The van der Waals surface area contributed by atoms with Crippen LogP contribution in [0, 0.1) is 11.7 Å². The van der Waals surface area contributed by atoms with E-state index in [1.165, 1.54) is 23.5 Å². The Hall–Kier alpha value is -2.74. The van der Waals surface area contributed by atoms with Gasteiger partial charge in [0.1, 0.15) is 24.6 Å². The summed E-state index contributed by atoms with van der Waals surface area (Å²) in [5, 5.41) is 14.4. The highest BCUT2D eigenvalue weighted by atomic mass is 79.9. The van der Waals surface area contributed by atoms with E-state index in [4.69, 9.17) is 19.6 Å². The Morgan fingerprint density at radius 3 is 2.84 bits per heavy atom. The van der Waals surface area contributed by atoms with Crippen LogP contribution in [0.3, 0.4) is 0 Å². The lowest BCUT2D eigenvalue weighted by Crippen LogP contribution is -2.39. The molecule has 2 aliphatic heterocycles. The van der Waals surface area contributed by atoms with E-state index < -0.39 is 42.5 Å². The molecule has 3 atom stereocenters. The van der Waals surface area contributed by atoms with E-state index in [1.54, 1.807) is 24.6 Å². The van der Waals surface area contributed by atoms with Gasteiger partial charge in [0.05, 0.1) is 18.8 Å². The number of aromatic nitrogens is 1. The summed E-state index contributed by atoms with van der Waals surface area (Å²) in [4.78, 5) is 34.8. The largest absolute Gasteiger partial charge is 0.480 e. The second kappa shape index (κ2) is 12.2. The van der Waals surface area contributed by atoms with Gasteiger partial charge in [-0.3, -0.25) is 9.89 Å². The van der Waals surface area contributed by atoms with Crippen LogP contribution in [0.15, 0.2) is 50.5 Å². The van der Waals surface area contributed by atoms with Gasteiger partial charge in [0.2, 0.25) is 0 Å². The average molecular weight is 599 g/mol. The van der Waals surface area contributed by atoms with Crippen LogP contribution in [0.1, 0.15) is 23.5 Å². The lowest BCUT2D eigenvalue weighted by molar-refractivity contribution is -0.143. The van der Waals surface area contributed by atoms with E-state index in [9.17, 15) is 18.4 Å². The van der Waals surface area contributed by atoms with Crippen molar-refractivity contribution in [2.45, 2.75) is 19.1 Å². The maximum atomic E-state index is 14.8. The molecule has 9 nitrogen and oxygen atoms in total. The molecule has 2 aromatic rings. The molecule has 1 fully saturated rings. The zero-order valence-corrected chi connectivity index (χ0v) is 22.2. The first kappa shape index (κ1) is 27.3. The highest BCUT2D eigenvalue weighted by Gasteiger charge is 2.38. The number of thiazole rings is 1. The number of aliphatic imine (C=N–C) groups is 1. The number of nitrogens with one attached hydrogen (secondary N) is 1. The lowest BCUT2D eigenvalue weighted by atomic mass is 9.95. The summed E-state index contributed by atoms with van der Waals surface area (Å²) in [5.41, 5.74) is 1.26. The predicted molar refractivity (Wildman–Crippen MR) is 136 cm³/mol. The maximum Gasteiger partial charge on any atom is 0.338 e. The molecule has 37 heavy (non-hydrogen) atoms. The van der Waals surface area contributed by atoms with Gasteiger partial charge in [0, 0.05) is 47.3 Å². The molecular weight excluding hydrogens is 574 g/mol. The van der Waals surface area contributed by atoms with Crippen LogP contribution in [0.4, 0.5) is 8.78 Å². The molecular formula is C24H25BrF2N4O5S. The van der Waals surface area contributed by atoms with Crippen LogP contribution < -0.4 is 5.32 Å². The van der Waals surface area contributed by atoms with Crippen molar-refractivity contribution in [2.24, 2.45) is 10.9 Å². The van der Waals surface area contributed by atoms with Gasteiger partial charge in [-0.05, 0) is 24.6 Å². The van der Waals surface area contributed by atoms with Gasteiger partial charge in [0.25, 0.3) is 0 Å². The van der Waals surface area contributed by atoms with E-state index in [1.807, 2.05) is 4.90 Å². The zero-order chi connectivity index (χ0) is 26.5. The van der Waals surface area contributed by atoms with E-state index in [-0.39, 0.29) is 31.9 Å². The van der Waals surface area contributed by atoms with Crippen molar-refractivity contribution in [2.75, 3.05) is 39.5 Å². The Kier molecular flexibility index (Phi) is 9.00. The summed E-state index contributed by atoms with van der Waals surface area (Å²) in [6, 6.07) is 3.31. The fraction of sp³-hybridized carbons (Fsp3) is 0.417. The van der Waals surface area contributed by atoms with Gasteiger partial charge in [-0.25, -0.2) is 23.4 Å². The second-order valence-electron chi connectivity index (χ2n) is 8.50. The van der Waals surface area contributed by atoms with Crippen molar-refractivity contribution in [3.63, 3.8) is 0 Å². The van der Waals surface area contributed by atoms with Crippen LogP contribution >= 0.6 is 27.3 Å². The van der Waals surface area contributed by atoms with Gasteiger partial charge in [-0.1, -0.05) is 22.0 Å². The first-order valence-electron chi connectivity index (χ1n) is 11.5. The number of aliphatic carboxylic acids is 1. The number of benzene rings is 1. The third kappa shape index (κ3) is 6.58. The third-order valence-corrected chi connectivity index (χ3v) is 7.36. The summed E-state index contributed by atoms with van der Waals surface area (Å²) in [6.45, 7) is 1.85. The fourth-order valence-electron chi connectivity index (χ4n) is 4.29. The zero-order valence-electron chi connectivity index (χ0n) is 19.8. The Morgan fingerprint density at radius 2 is 2.16 bits per heavy atom. The normalized spacial score (nSPS) is 22.1. The molecule has 0 saturated carbocycles. The number of carbonyl (C=O) groups is 2. The Bertz CT molecular complexity index is 1210. The SMILES string of the molecule is CCOC(=O)C1=C(CN2CC(F)C(COCC(=O)O)C2)NC(c2nccs2)=NC1c1ccc(F)cc1Br. The average Bonchev–Trinajstić information content (AvgIpc) is 3.49. The van der Waals surface area contributed by atoms with Gasteiger partial charge in [-0.15, -0.1) is 11.3 Å². The number of carboxylic acids is 1. The molecule has 2 aliphatic rings. The highest BCUT2D eigenvalue weighted by molar-refractivity contribution is 9.10. The number of alkyl halides is 1. The van der Waals surface area contributed by atoms with Gasteiger partial charge < -0.3 is 19.9 Å². The Labute approximate surface area is 224 Å². The molecule has 198 valence electrons. The molecule has 0 radical (unpaired) electrons. The quantitative estimate of drug-likeness (QED) is 0.400. The van der Waals surface area contributed by atoms with E-state index in [2.05, 4.69) is 26.2 Å². The fourth-order valence-corrected chi connectivity index (χ4v) is 5.45. The molecule has 0 spiro atoms. The monoisotopic (exact) mass is 598 g/mol. The summed E-state index contributed by atoms with van der Waals surface area (Å²) >= 11 is 4.75. The molecule has 1 aromatic carbocycles. The number of nitrogens with zero attached hydrogens (tertiary/aromatic N) is 3. The number of rotatable bonds is 10. The van der Waals surface area contributed by atoms with Crippen LogP contribution in [0.25, 0.3) is 0 Å². The van der Waals surface area contributed by atoms with Crippen molar-refractivity contribution in [3.05, 3.63) is 61.9 Å². The summed E-state index contributed by atoms with van der Waals surface area (Å²) < 4.78 is 39.5. The van der Waals surface area contributed by atoms with Crippen LogP contribution in [-0.4, -0.2) is 78.4 Å². The number of ether oxygens (including phenoxy) is 2. The number of hydrogen-bond donors (Lipinski definition) is 2. The maximum absolute atomic E-state index is 14.8. The van der Waals surface area contributed by atoms with Crippen molar-refractivity contribution < 1.29 is 33.0 Å². The summed E-state index contributed by atoms with van der Waals surface area (Å²) in [7, 11) is 0. The first-order chi connectivity index (χ1) is 17.8. The lowest BCUT2D eigenvalue weighted by Gasteiger charge is -2.29. The molecule has 4 rings (SSSR count). The standard InChI is InChI=1S/C24H25BrF2N4O5S/c1-2-36-24(34)20-18(10-31-8-13(17(27)9-31)11-35-12-19(32)33)29-22(23-28-5-6-37-23)30-21(20)15-4-3-14(26)7-16(15)25/h3-7,13,17,21H,2,8-12H2,1H3,(H,29,30)(H,32,33). The molecule has 1 aromatic heterocycles. The van der Waals surface area contributed by atoms with Crippen molar-refractivity contribution >= 4 is 45.0 Å². The van der Waals surface area contributed by atoms with Gasteiger partial charge in [0.15, 0.2) is 10.8 Å². The minimum atomic E-state index is -1.22. The van der Waals surface area contributed by atoms with Crippen molar-refractivity contribution in [3.8, 4) is 0 Å². The number of carboxylic acid groups (broad SMARTS) is 1. The minimum Gasteiger partial charge on any atom is -0.480 e. The van der Waals surface area contributed by atoms with Crippen molar-refractivity contribution in [1.29, 1.82) is 0 Å². The topological polar surface area (TPSA) is 113 Å². The van der Waals surface area contributed by atoms with Gasteiger partial charge >= 0.3 is 11.9 Å². The molecule has 1 saturated heterocycles. The minimum absolute atomic E-state index is 0.0296.